The quantitative estimate of drug-likeness (QED) is 0.384. The number of amides is 2. The van der Waals surface area contributed by atoms with Crippen LogP contribution in [0.1, 0.15) is 15.9 Å². The summed E-state index contributed by atoms with van der Waals surface area (Å²) in [6.45, 7) is 0. The Kier molecular flexibility index (Phi) is 7.32. The first-order valence-corrected chi connectivity index (χ1v) is 9.81. The third-order valence-corrected chi connectivity index (χ3v) is 4.56. The van der Waals surface area contributed by atoms with Crippen LogP contribution in [-0.4, -0.2) is 16.9 Å². The van der Waals surface area contributed by atoms with E-state index in [1.165, 1.54) is 6.08 Å². The number of hydrogen-bond acceptors (Lipinski definition) is 3. The van der Waals surface area contributed by atoms with Gasteiger partial charge in [0.25, 0.3) is 5.91 Å². The van der Waals surface area contributed by atoms with E-state index in [1.54, 1.807) is 54.6 Å². The molecule has 0 spiro atoms. The zero-order chi connectivity index (χ0) is 21.3. The second kappa shape index (κ2) is 10.3. The Morgan fingerprint density at radius 3 is 2.27 bits per heavy atom. The predicted molar refractivity (Wildman–Crippen MR) is 126 cm³/mol. The van der Waals surface area contributed by atoms with Crippen molar-refractivity contribution in [1.29, 1.82) is 0 Å². The van der Waals surface area contributed by atoms with E-state index >= 15 is 0 Å². The number of rotatable bonds is 5. The van der Waals surface area contributed by atoms with E-state index < -0.39 is 5.91 Å². The van der Waals surface area contributed by atoms with Gasteiger partial charge >= 0.3 is 0 Å². The minimum Gasteiger partial charge on any atom is -0.332 e. The zero-order valence-electron chi connectivity index (χ0n) is 15.8. The van der Waals surface area contributed by atoms with Crippen LogP contribution in [-0.2, 0) is 4.79 Å². The molecule has 7 heteroatoms. The molecular formula is C23H18ClN3O2S. The van der Waals surface area contributed by atoms with Crippen LogP contribution >= 0.6 is 23.8 Å². The fraction of sp³-hybridized carbons (Fsp3) is 0. The van der Waals surface area contributed by atoms with Crippen molar-refractivity contribution < 1.29 is 9.59 Å². The Labute approximate surface area is 184 Å². The Morgan fingerprint density at radius 1 is 0.833 bits per heavy atom. The summed E-state index contributed by atoms with van der Waals surface area (Å²) < 4.78 is 0. The molecule has 3 N–H and O–H groups in total. The van der Waals surface area contributed by atoms with Gasteiger partial charge in [-0.05, 0) is 54.2 Å². The summed E-state index contributed by atoms with van der Waals surface area (Å²) >= 11 is 11.3. The third-order valence-electron chi connectivity index (χ3n) is 4.01. The van der Waals surface area contributed by atoms with Crippen molar-refractivity contribution in [1.82, 2.24) is 5.32 Å². The first-order valence-electron chi connectivity index (χ1n) is 9.03. The first-order chi connectivity index (χ1) is 14.5. The van der Waals surface area contributed by atoms with Crippen LogP contribution in [0, 0.1) is 0 Å². The van der Waals surface area contributed by atoms with Gasteiger partial charge in [0.05, 0.1) is 11.3 Å². The molecule has 0 fully saturated rings. The molecular weight excluding hydrogens is 418 g/mol. The Morgan fingerprint density at radius 2 is 1.50 bits per heavy atom. The molecule has 3 aromatic rings. The topological polar surface area (TPSA) is 70.2 Å². The van der Waals surface area contributed by atoms with Gasteiger partial charge in [-0.2, -0.15) is 0 Å². The van der Waals surface area contributed by atoms with Crippen LogP contribution in [0.15, 0.2) is 84.9 Å². The van der Waals surface area contributed by atoms with Crippen molar-refractivity contribution in [2.24, 2.45) is 0 Å². The highest BCUT2D eigenvalue weighted by Gasteiger charge is 2.12. The molecule has 0 unspecified atom stereocenters. The molecule has 0 atom stereocenters. The molecule has 2 amide bonds. The van der Waals surface area contributed by atoms with E-state index in [0.29, 0.717) is 22.0 Å². The SMILES string of the molecule is O=C(/C=C/c1ccccc1Cl)NC(=S)Nc1ccccc1C(=O)Nc1ccccc1. The van der Waals surface area contributed by atoms with Gasteiger partial charge < -0.3 is 10.6 Å². The Balaban J connectivity index is 1.63. The van der Waals surface area contributed by atoms with Crippen molar-refractivity contribution >= 4 is 58.2 Å². The maximum atomic E-state index is 12.6. The molecule has 0 saturated heterocycles. The fourth-order valence-corrected chi connectivity index (χ4v) is 3.00. The van der Waals surface area contributed by atoms with E-state index in [-0.39, 0.29) is 11.0 Å². The highest BCUT2D eigenvalue weighted by atomic mass is 35.5. The number of nitrogens with one attached hydrogen (secondary N) is 3. The first kappa shape index (κ1) is 21.2. The lowest BCUT2D eigenvalue weighted by atomic mass is 10.1. The molecule has 0 bridgehead atoms. The van der Waals surface area contributed by atoms with Crippen molar-refractivity contribution in [3.63, 3.8) is 0 Å². The third kappa shape index (κ3) is 6.01. The van der Waals surface area contributed by atoms with Gasteiger partial charge in [-0.3, -0.25) is 14.9 Å². The van der Waals surface area contributed by atoms with Crippen LogP contribution in [0.5, 0.6) is 0 Å². The zero-order valence-corrected chi connectivity index (χ0v) is 17.3. The summed E-state index contributed by atoms with van der Waals surface area (Å²) in [5.41, 5.74) is 2.27. The average Bonchev–Trinajstić information content (AvgIpc) is 2.74. The van der Waals surface area contributed by atoms with Crippen LogP contribution in [0.3, 0.4) is 0 Å². The van der Waals surface area contributed by atoms with Gasteiger partial charge in [0.15, 0.2) is 5.11 Å². The molecule has 3 aromatic carbocycles. The lowest BCUT2D eigenvalue weighted by Gasteiger charge is -2.13. The van der Waals surface area contributed by atoms with Crippen LogP contribution in [0.2, 0.25) is 5.02 Å². The number of carbonyl (C=O) groups is 2. The molecule has 3 rings (SSSR count). The number of para-hydroxylation sites is 2. The maximum Gasteiger partial charge on any atom is 0.257 e. The monoisotopic (exact) mass is 435 g/mol. The molecule has 0 aliphatic carbocycles. The van der Waals surface area contributed by atoms with Gasteiger partial charge in [0.2, 0.25) is 5.91 Å². The lowest BCUT2D eigenvalue weighted by molar-refractivity contribution is -0.115. The maximum absolute atomic E-state index is 12.6. The van der Waals surface area contributed by atoms with E-state index in [4.69, 9.17) is 23.8 Å². The minimum absolute atomic E-state index is 0.0729. The van der Waals surface area contributed by atoms with Gasteiger partial charge in [0.1, 0.15) is 0 Å². The summed E-state index contributed by atoms with van der Waals surface area (Å²) in [7, 11) is 0. The molecule has 0 radical (unpaired) electrons. The van der Waals surface area contributed by atoms with E-state index in [0.717, 1.165) is 5.56 Å². The van der Waals surface area contributed by atoms with Crippen molar-refractivity contribution in [3.8, 4) is 0 Å². The van der Waals surface area contributed by atoms with Crippen LogP contribution in [0.4, 0.5) is 11.4 Å². The highest BCUT2D eigenvalue weighted by Crippen LogP contribution is 2.18. The van der Waals surface area contributed by atoms with Crippen LogP contribution < -0.4 is 16.0 Å². The number of hydrogen-bond donors (Lipinski definition) is 3. The van der Waals surface area contributed by atoms with Gasteiger partial charge in [-0.1, -0.05) is 60.1 Å². The normalized spacial score (nSPS) is 10.4. The molecule has 150 valence electrons. The number of benzene rings is 3. The number of thiocarbonyl (C=S) groups is 1. The Bertz CT molecular complexity index is 1100. The van der Waals surface area contributed by atoms with Gasteiger partial charge in [0, 0.05) is 16.8 Å². The van der Waals surface area contributed by atoms with E-state index in [1.807, 2.05) is 30.3 Å². The highest BCUT2D eigenvalue weighted by molar-refractivity contribution is 7.80. The summed E-state index contributed by atoms with van der Waals surface area (Å²) in [5.74, 6) is -0.712. The van der Waals surface area contributed by atoms with Gasteiger partial charge in [-0.25, -0.2) is 0 Å². The molecule has 30 heavy (non-hydrogen) atoms. The summed E-state index contributed by atoms with van der Waals surface area (Å²) in [4.78, 5) is 24.8. The standard InChI is InChI=1S/C23H18ClN3O2S/c24-19-12-6-4-8-16(19)14-15-21(28)27-23(30)26-20-13-7-5-11-18(20)22(29)25-17-9-2-1-3-10-17/h1-15H,(H,25,29)(H2,26,27,28,30)/b15-14+. The lowest BCUT2D eigenvalue weighted by Crippen LogP contribution is -2.33. The fourth-order valence-electron chi connectivity index (χ4n) is 2.59. The van der Waals surface area contributed by atoms with E-state index in [9.17, 15) is 9.59 Å². The number of halogens is 1. The molecule has 0 heterocycles. The average molecular weight is 436 g/mol. The van der Waals surface area contributed by atoms with Crippen LogP contribution in [0.25, 0.3) is 6.08 Å². The Hall–Kier alpha value is -3.48. The molecule has 0 aliphatic heterocycles. The molecule has 0 saturated carbocycles. The van der Waals surface area contributed by atoms with Crippen molar-refractivity contribution in [2.45, 2.75) is 0 Å². The van der Waals surface area contributed by atoms with Gasteiger partial charge in [-0.15, -0.1) is 0 Å². The summed E-state index contributed by atoms with van der Waals surface area (Å²) in [6, 6.07) is 23.2. The summed E-state index contributed by atoms with van der Waals surface area (Å²) in [6.07, 6.45) is 2.94. The van der Waals surface area contributed by atoms with Crippen molar-refractivity contribution in [3.05, 3.63) is 101 Å². The molecule has 0 aromatic heterocycles. The second-order valence-electron chi connectivity index (χ2n) is 6.16. The number of anilines is 2. The molecule has 5 nitrogen and oxygen atoms in total. The van der Waals surface area contributed by atoms with Crippen molar-refractivity contribution in [2.75, 3.05) is 10.6 Å². The van der Waals surface area contributed by atoms with E-state index in [2.05, 4.69) is 16.0 Å². The molecule has 0 aliphatic rings. The smallest absolute Gasteiger partial charge is 0.257 e. The summed E-state index contributed by atoms with van der Waals surface area (Å²) in [5, 5.41) is 8.89. The minimum atomic E-state index is -0.418. The second-order valence-corrected chi connectivity index (χ2v) is 6.98. The largest absolute Gasteiger partial charge is 0.332 e. The number of carbonyl (C=O) groups excluding carboxylic acids is 2. The predicted octanol–water partition coefficient (Wildman–Crippen LogP) is 5.12.